The first kappa shape index (κ1) is 17.9. The van der Waals surface area contributed by atoms with Gasteiger partial charge in [0.25, 0.3) is 0 Å². The van der Waals surface area contributed by atoms with Crippen LogP contribution in [0.25, 0.3) is 0 Å². The maximum atomic E-state index is 5.72. The molecule has 0 spiro atoms. The molecule has 3 nitrogen and oxygen atoms in total. The number of nitrogens with one attached hydrogen (secondary N) is 1. The number of hydrogen-bond acceptors (Lipinski definition) is 3. The lowest BCUT2D eigenvalue weighted by Gasteiger charge is -2.25. The summed E-state index contributed by atoms with van der Waals surface area (Å²) in [5.74, 6) is 0.653. The Morgan fingerprint density at radius 2 is 1.78 bits per heavy atom. The zero-order valence-corrected chi connectivity index (χ0v) is 13.2. The fourth-order valence-corrected chi connectivity index (χ4v) is 1.66. The molecule has 0 saturated heterocycles. The Morgan fingerprint density at radius 1 is 1.11 bits per heavy atom. The molecule has 0 radical (unpaired) electrons. The fraction of sp³-hybridized carbons (Fsp3) is 1.00. The second kappa shape index (κ2) is 9.76. The van der Waals surface area contributed by atoms with Gasteiger partial charge in [-0.15, -0.1) is 0 Å². The second-order valence-electron chi connectivity index (χ2n) is 5.98. The highest BCUT2D eigenvalue weighted by molar-refractivity contribution is 4.71. The summed E-state index contributed by atoms with van der Waals surface area (Å²) < 4.78 is 11.4. The lowest BCUT2D eigenvalue weighted by Crippen LogP contribution is -2.39. The van der Waals surface area contributed by atoms with E-state index in [2.05, 4.69) is 46.9 Å². The van der Waals surface area contributed by atoms with Gasteiger partial charge in [-0.25, -0.2) is 0 Å². The van der Waals surface area contributed by atoms with Crippen LogP contribution in [0.1, 0.15) is 54.4 Å². The molecular weight excluding hydrogens is 226 g/mol. The van der Waals surface area contributed by atoms with Gasteiger partial charge in [-0.05, 0) is 39.7 Å². The van der Waals surface area contributed by atoms with Gasteiger partial charge < -0.3 is 14.8 Å². The van der Waals surface area contributed by atoms with Gasteiger partial charge >= 0.3 is 0 Å². The molecule has 110 valence electrons. The minimum atomic E-state index is -0.0695. The molecule has 0 aliphatic rings. The van der Waals surface area contributed by atoms with E-state index in [1.807, 2.05) is 0 Å². The van der Waals surface area contributed by atoms with Crippen LogP contribution in [0.15, 0.2) is 0 Å². The number of rotatable bonds is 10. The summed E-state index contributed by atoms with van der Waals surface area (Å²) in [5, 5.41) is 3.56. The average Bonchev–Trinajstić information content (AvgIpc) is 2.30. The van der Waals surface area contributed by atoms with Crippen LogP contribution in [-0.4, -0.2) is 38.0 Å². The first-order chi connectivity index (χ1) is 8.40. The molecule has 0 aromatic carbocycles. The molecule has 0 aliphatic heterocycles. The van der Waals surface area contributed by atoms with Crippen molar-refractivity contribution in [3.63, 3.8) is 0 Å². The Kier molecular flexibility index (Phi) is 9.70. The highest BCUT2D eigenvalue weighted by Gasteiger charge is 2.15. The first-order valence-corrected chi connectivity index (χ1v) is 7.35. The van der Waals surface area contributed by atoms with Crippen LogP contribution >= 0.6 is 0 Å². The van der Waals surface area contributed by atoms with Gasteiger partial charge in [0.05, 0.1) is 25.4 Å². The van der Waals surface area contributed by atoms with E-state index in [4.69, 9.17) is 9.47 Å². The average molecular weight is 259 g/mol. The molecule has 1 N–H and O–H groups in total. The zero-order valence-electron chi connectivity index (χ0n) is 13.2. The number of ether oxygens (including phenoxy) is 2. The fourth-order valence-electron chi connectivity index (χ4n) is 1.66. The molecule has 2 unspecified atom stereocenters. The Labute approximate surface area is 114 Å². The van der Waals surface area contributed by atoms with Gasteiger partial charge in [-0.1, -0.05) is 27.2 Å². The quantitative estimate of drug-likeness (QED) is 0.611. The lowest BCUT2D eigenvalue weighted by atomic mass is 10.00. The van der Waals surface area contributed by atoms with Crippen LogP contribution in [0.3, 0.4) is 0 Å². The number of hydrogen-bond donors (Lipinski definition) is 1. The SMILES string of the molecule is CCCNC(COCCOC(C)(C)C)C(C)CC. The maximum Gasteiger partial charge on any atom is 0.0707 e. The molecular formula is C15H33NO2. The molecule has 18 heavy (non-hydrogen) atoms. The highest BCUT2D eigenvalue weighted by atomic mass is 16.5. The van der Waals surface area contributed by atoms with E-state index in [1.165, 1.54) is 12.8 Å². The Bertz CT molecular complexity index is 189. The molecule has 3 heteroatoms. The van der Waals surface area contributed by atoms with Crippen LogP contribution < -0.4 is 5.32 Å². The van der Waals surface area contributed by atoms with Crippen molar-refractivity contribution < 1.29 is 9.47 Å². The third-order valence-electron chi connectivity index (χ3n) is 3.05. The van der Waals surface area contributed by atoms with Gasteiger partial charge in [-0.3, -0.25) is 0 Å². The standard InChI is InChI=1S/C15H33NO2/c1-7-9-16-14(13(3)8-2)12-17-10-11-18-15(4,5)6/h13-14,16H,7-12H2,1-6H3. The van der Waals surface area contributed by atoms with Crippen molar-refractivity contribution in [2.45, 2.75) is 66.0 Å². The van der Waals surface area contributed by atoms with Crippen molar-refractivity contribution in [3.05, 3.63) is 0 Å². The van der Waals surface area contributed by atoms with Crippen molar-refractivity contribution in [3.8, 4) is 0 Å². The molecule has 0 aromatic rings. The van der Waals surface area contributed by atoms with Crippen LogP contribution in [0.4, 0.5) is 0 Å². The third kappa shape index (κ3) is 9.86. The van der Waals surface area contributed by atoms with Gasteiger partial charge in [-0.2, -0.15) is 0 Å². The monoisotopic (exact) mass is 259 g/mol. The highest BCUT2D eigenvalue weighted by Crippen LogP contribution is 2.09. The van der Waals surface area contributed by atoms with Crippen LogP contribution in [0, 0.1) is 5.92 Å². The van der Waals surface area contributed by atoms with E-state index in [9.17, 15) is 0 Å². The summed E-state index contributed by atoms with van der Waals surface area (Å²) in [6.07, 6.45) is 2.35. The minimum absolute atomic E-state index is 0.0695. The Balaban J connectivity index is 3.75. The molecule has 0 aromatic heterocycles. The van der Waals surface area contributed by atoms with Crippen molar-refractivity contribution in [2.75, 3.05) is 26.4 Å². The summed E-state index contributed by atoms with van der Waals surface area (Å²) in [7, 11) is 0. The normalized spacial score (nSPS) is 15.7. The first-order valence-electron chi connectivity index (χ1n) is 7.35. The molecule has 0 fully saturated rings. The smallest absolute Gasteiger partial charge is 0.0707 e. The van der Waals surface area contributed by atoms with Crippen molar-refractivity contribution in [2.24, 2.45) is 5.92 Å². The van der Waals surface area contributed by atoms with E-state index in [0.29, 0.717) is 25.2 Å². The molecule has 0 amide bonds. The second-order valence-corrected chi connectivity index (χ2v) is 5.98. The predicted octanol–water partition coefficient (Wildman–Crippen LogP) is 3.23. The maximum absolute atomic E-state index is 5.72. The lowest BCUT2D eigenvalue weighted by molar-refractivity contribution is -0.0389. The summed E-state index contributed by atoms with van der Waals surface area (Å²) in [4.78, 5) is 0. The van der Waals surface area contributed by atoms with Gasteiger partial charge in [0.2, 0.25) is 0 Å². The predicted molar refractivity (Wildman–Crippen MR) is 78.1 cm³/mol. The van der Waals surface area contributed by atoms with E-state index < -0.39 is 0 Å². The van der Waals surface area contributed by atoms with Gasteiger partial charge in [0.1, 0.15) is 0 Å². The molecule has 0 aliphatic carbocycles. The molecule has 0 heterocycles. The third-order valence-corrected chi connectivity index (χ3v) is 3.05. The van der Waals surface area contributed by atoms with Crippen LogP contribution in [0.2, 0.25) is 0 Å². The molecule has 0 saturated carbocycles. The van der Waals surface area contributed by atoms with E-state index in [-0.39, 0.29) is 5.60 Å². The van der Waals surface area contributed by atoms with Gasteiger partial charge in [0.15, 0.2) is 0 Å². The summed E-state index contributed by atoms with van der Waals surface area (Å²) in [6, 6.07) is 0.463. The van der Waals surface area contributed by atoms with Crippen LogP contribution in [0.5, 0.6) is 0 Å². The zero-order chi connectivity index (χ0) is 14.0. The molecule has 0 bridgehead atoms. The molecule has 0 rings (SSSR count). The molecule has 2 atom stereocenters. The van der Waals surface area contributed by atoms with Crippen molar-refractivity contribution in [1.82, 2.24) is 5.32 Å². The summed E-state index contributed by atoms with van der Waals surface area (Å²) in [5.41, 5.74) is -0.0695. The Hall–Kier alpha value is -0.120. The van der Waals surface area contributed by atoms with E-state index >= 15 is 0 Å². The van der Waals surface area contributed by atoms with E-state index in [0.717, 1.165) is 13.2 Å². The van der Waals surface area contributed by atoms with E-state index in [1.54, 1.807) is 0 Å². The van der Waals surface area contributed by atoms with Gasteiger partial charge in [0, 0.05) is 6.04 Å². The summed E-state index contributed by atoms with van der Waals surface area (Å²) >= 11 is 0. The topological polar surface area (TPSA) is 30.5 Å². The largest absolute Gasteiger partial charge is 0.377 e. The summed E-state index contributed by atoms with van der Waals surface area (Å²) in [6.45, 7) is 16.1. The van der Waals surface area contributed by atoms with Crippen molar-refractivity contribution in [1.29, 1.82) is 0 Å². The van der Waals surface area contributed by atoms with Crippen LogP contribution in [-0.2, 0) is 9.47 Å². The minimum Gasteiger partial charge on any atom is -0.377 e. The van der Waals surface area contributed by atoms with Crippen molar-refractivity contribution >= 4 is 0 Å². The Morgan fingerprint density at radius 3 is 2.28 bits per heavy atom.